The number of rotatable bonds is 9. The molecular formula is C33H42N2O4. The van der Waals surface area contributed by atoms with Gasteiger partial charge in [-0.15, -0.1) is 0 Å². The fourth-order valence-corrected chi connectivity index (χ4v) is 5.85. The van der Waals surface area contributed by atoms with Crippen LogP contribution in [0.1, 0.15) is 81.2 Å². The number of hydrogen-bond donors (Lipinski definition) is 2. The number of hydrogen-bond acceptors (Lipinski definition) is 5. The number of cyclic esters (lactones) is 1. The Morgan fingerprint density at radius 1 is 1.15 bits per heavy atom. The quantitative estimate of drug-likeness (QED) is 0.408. The molecule has 1 saturated carbocycles. The molecule has 39 heavy (non-hydrogen) atoms. The first-order valence-electron chi connectivity index (χ1n) is 14.3. The molecule has 6 heteroatoms. The highest BCUT2D eigenvalue weighted by atomic mass is 16.6. The van der Waals surface area contributed by atoms with Gasteiger partial charge in [0.2, 0.25) is 0 Å². The maximum absolute atomic E-state index is 13.5. The predicted molar refractivity (Wildman–Crippen MR) is 154 cm³/mol. The van der Waals surface area contributed by atoms with E-state index in [1.54, 1.807) is 13.8 Å². The van der Waals surface area contributed by atoms with Crippen LogP contribution in [0.5, 0.6) is 0 Å². The smallest absolute Gasteiger partial charge is 0.410 e. The first-order chi connectivity index (χ1) is 18.5. The van der Waals surface area contributed by atoms with E-state index >= 15 is 0 Å². The molecule has 5 rings (SSSR count). The number of aliphatic hydroxyl groups is 2. The fraction of sp³-hybridized carbons (Fsp3) is 0.485. The molecule has 6 nitrogen and oxygen atoms in total. The van der Waals surface area contributed by atoms with Crippen molar-refractivity contribution in [3.05, 3.63) is 89.1 Å². The number of carbonyl (C=O) groups is 1. The molecule has 0 bridgehead atoms. The molecule has 2 N–H and O–H groups in total. The number of carbonyl (C=O) groups excluding carboxylic acids is 1. The number of benzene rings is 2. The van der Waals surface area contributed by atoms with Gasteiger partial charge in [0.05, 0.1) is 11.6 Å². The Morgan fingerprint density at radius 2 is 1.90 bits per heavy atom. The maximum Gasteiger partial charge on any atom is 0.410 e. The van der Waals surface area contributed by atoms with Crippen molar-refractivity contribution in [3.8, 4) is 0 Å². The van der Waals surface area contributed by atoms with Gasteiger partial charge >= 0.3 is 6.09 Å². The Hall–Kier alpha value is -3.09. The normalized spacial score (nSPS) is 24.4. The summed E-state index contributed by atoms with van der Waals surface area (Å²) in [5.74, 6) is 0. The summed E-state index contributed by atoms with van der Waals surface area (Å²) < 4.78 is 6.25. The monoisotopic (exact) mass is 530 g/mol. The Morgan fingerprint density at radius 3 is 2.51 bits per heavy atom. The third kappa shape index (κ3) is 6.39. The van der Waals surface area contributed by atoms with Crippen molar-refractivity contribution in [1.82, 2.24) is 9.80 Å². The summed E-state index contributed by atoms with van der Waals surface area (Å²) in [7, 11) is 0. The van der Waals surface area contributed by atoms with Gasteiger partial charge in [0.25, 0.3) is 0 Å². The second-order valence-corrected chi connectivity index (χ2v) is 12.2. The number of aliphatic hydroxyl groups excluding tert-OH is 1. The molecule has 0 spiro atoms. The van der Waals surface area contributed by atoms with Crippen LogP contribution >= 0.6 is 0 Å². The van der Waals surface area contributed by atoms with E-state index in [1.165, 1.54) is 0 Å². The third-order valence-electron chi connectivity index (χ3n) is 8.45. The summed E-state index contributed by atoms with van der Waals surface area (Å²) in [5.41, 5.74) is 3.94. The van der Waals surface area contributed by atoms with Crippen molar-refractivity contribution in [1.29, 1.82) is 0 Å². The minimum absolute atomic E-state index is 0.138. The molecule has 3 atom stereocenters. The summed E-state index contributed by atoms with van der Waals surface area (Å²) >= 11 is 0. The zero-order valence-corrected chi connectivity index (χ0v) is 23.6. The first kappa shape index (κ1) is 27.5. The number of nitrogens with zero attached hydrogens (tertiary/aromatic N) is 2. The van der Waals surface area contributed by atoms with E-state index in [1.807, 2.05) is 47.2 Å². The number of aryl methyl sites for hydroxylation is 1. The maximum atomic E-state index is 13.5. The van der Waals surface area contributed by atoms with E-state index in [0.717, 1.165) is 40.7 Å². The van der Waals surface area contributed by atoms with E-state index < -0.39 is 17.4 Å². The molecule has 3 unspecified atom stereocenters. The molecular weight excluding hydrogens is 488 g/mol. The van der Waals surface area contributed by atoms with Crippen LogP contribution in [0.4, 0.5) is 4.79 Å². The van der Waals surface area contributed by atoms with Crippen LogP contribution in [-0.2, 0) is 11.2 Å². The zero-order valence-electron chi connectivity index (χ0n) is 23.6. The minimum Gasteiger partial charge on any atom is -0.442 e. The molecule has 1 amide bonds. The lowest BCUT2D eigenvalue weighted by Gasteiger charge is -2.44. The van der Waals surface area contributed by atoms with Gasteiger partial charge in [0.1, 0.15) is 11.8 Å². The van der Waals surface area contributed by atoms with Crippen molar-refractivity contribution in [3.63, 3.8) is 0 Å². The Kier molecular flexibility index (Phi) is 7.62. The highest BCUT2D eigenvalue weighted by Crippen LogP contribution is 2.38. The molecule has 3 aliphatic rings. The largest absolute Gasteiger partial charge is 0.442 e. The average molecular weight is 531 g/mol. The minimum atomic E-state index is -0.824. The van der Waals surface area contributed by atoms with Crippen LogP contribution in [0.3, 0.4) is 0 Å². The fourth-order valence-electron chi connectivity index (χ4n) is 5.85. The first-order valence-corrected chi connectivity index (χ1v) is 14.3. The number of allylic oxidation sites excluding steroid dienone is 2. The number of amides is 1. The van der Waals surface area contributed by atoms with Crippen molar-refractivity contribution in [2.75, 3.05) is 6.54 Å². The molecule has 2 heterocycles. The van der Waals surface area contributed by atoms with Gasteiger partial charge in [-0.1, -0.05) is 48.5 Å². The van der Waals surface area contributed by atoms with Crippen LogP contribution in [-0.4, -0.2) is 56.1 Å². The molecule has 1 aliphatic carbocycles. The molecule has 0 radical (unpaired) electrons. The standard InChI is InChI=1S/C33H42N2O4/c1-23-20-26(10-13-29(23)27-14-18-35(28-11-12-28)30(36)21-27)24(2)34-19-17-33(39-31(34)37,16-15-32(3,4)38)22-25-8-6-5-7-9-25/h5-10,13-14,18,20-21,24,28,30,36,38H,11-12,15-17,19,22H2,1-4H3. The topological polar surface area (TPSA) is 73.2 Å². The van der Waals surface area contributed by atoms with Gasteiger partial charge in [-0.25, -0.2) is 4.79 Å². The van der Waals surface area contributed by atoms with Crippen LogP contribution in [0, 0.1) is 6.92 Å². The van der Waals surface area contributed by atoms with E-state index in [-0.39, 0.29) is 12.1 Å². The SMILES string of the molecule is Cc1cc(C(C)N2CCC(CCC(C)(C)O)(Cc3ccccc3)OC2=O)ccc1C1=CC(O)N(C2CC2)C=C1. The molecule has 2 aromatic carbocycles. The van der Waals surface area contributed by atoms with Crippen LogP contribution in [0.25, 0.3) is 5.57 Å². The van der Waals surface area contributed by atoms with Gasteiger partial charge in [-0.05, 0) is 93.4 Å². The van der Waals surface area contributed by atoms with Crippen molar-refractivity contribution < 1.29 is 19.7 Å². The van der Waals surface area contributed by atoms with Crippen molar-refractivity contribution in [2.45, 2.75) is 95.7 Å². The van der Waals surface area contributed by atoms with E-state index in [0.29, 0.717) is 38.3 Å². The van der Waals surface area contributed by atoms with Gasteiger partial charge in [0.15, 0.2) is 0 Å². The molecule has 1 saturated heterocycles. The predicted octanol–water partition coefficient (Wildman–Crippen LogP) is 6.12. The second kappa shape index (κ2) is 10.8. The highest BCUT2D eigenvalue weighted by Gasteiger charge is 2.43. The summed E-state index contributed by atoms with van der Waals surface area (Å²) in [6, 6.07) is 16.8. The van der Waals surface area contributed by atoms with Crippen LogP contribution in [0.15, 0.2) is 66.9 Å². The van der Waals surface area contributed by atoms with Crippen molar-refractivity contribution in [2.24, 2.45) is 0 Å². The molecule has 2 fully saturated rings. The van der Waals surface area contributed by atoms with Gasteiger partial charge < -0.3 is 24.7 Å². The zero-order chi connectivity index (χ0) is 27.8. The van der Waals surface area contributed by atoms with Gasteiger partial charge in [-0.3, -0.25) is 0 Å². The summed E-state index contributed by atoms with van der Waals surface area (Å²) in [6.45, 7) is 8.33. The van der Waals surface area contributed by atoms with E-state index in [4.69, 9.17) is 4.74 Å². The number of ether oxygens (including phenoxy) is 1. The third-order valence-corrected chi connectivity index (χ3v) is 8.45. The highest BCUT2D eigenvalue weighted by molar-refractivity contribution is 5.77. The lowest BCUT2D eigenvalue weighted by Crippen LogP contribution is -2.52. The summed E-state index contributed by atoms with van der Waals surface area (Å²) in [4.78, 5) is 17.3. The molecule has 208 valence electrons. The van der Waals surface area contributed by atoms with E-state index in [2.05, 4.69) is 43.3 Å². The average Bonchev–Trinajstić information content (AvgIpc) is 3.73. The Bertz CT molecular complexity index is 1240. The Labute approximate surface area is 232 Å². The van der Waals surface area contributed by atoms with Crippen LogP contribution < -0.4 is 0 Å². The second-order valence-electron chi connectivity index (χ2n) is 12.2. The molecule has 2 aliphatic heterocycles. The van der Waals surface area contributed by atoms with Gasteiger partial charge in [0, 0.05) is 31.6 Å². The van der Waals surface area contributed by atoms with Crippen molar-refractivity contribution >= 4 is 11.7 Å². The molecule has 2 aromatic rings. The Balaban J connectivity index is 1.29. The van der Waals surface area contributed by atoms with E-state index in [9.17, 15) is 15.0 Å². The lowest BCUT2D eigenvalue weighted by molar-refractivity contribution is -0.0718. The van der Waals surface area contributed by atoms with Gasteiger partial charge in [-0.2, -0.15) is 0 Å². The molecule has 0 aromatic heterocycles. The summed E-state index contributed by atoms with van der Waals surface area (Å²) in [5, 5.41) is 21.0. The summed E-state index contributed by atoms with van der Waals surface area (Å²) in [6.07, 6.45) is 9.91. The van der Waals surface area contributed by atoms with Crippen LogP contribution in [0.2, 0.25) is 0 Å². The lowest BCUT2D eigenvalue weighted by atomic mass is 9.82.